The van der Waals surface area contributed by atoms with Crippen molar-refractivity contribution in [1.82, 2.24) is 0 Å². The van der Waals surface area contributed by atoms with Gasteiger partial charge in [0.05, 0.1) is 6.10 Å². The van der Waals surface area contributed by atoms with Gasteiger partial charge in [0.1, 0.15) is 4.75 Å². The second-order valence-corrected chi connectivity index (χ2v) is 5.74. The first kappa shape index (κ1) is 8.98. The van der Waals surface area contributed by atoms with E-state index < -0.39 is 10.9 Å². The molecule has 2 nitrogen and oxygen atoms in total. The molecular weight excluding hydrogens is 196 g/mol. The van der Waals surface area contributed by atoms with Crippen LogP contribution in [0.15, 0.2) is 12.2 Å². The number of thioether (sulfide) groups is 1. The van der Waals surface area contributed by atoms with Crippen LogP contribution in [0.4, 0.5) is 0 Å². The molecule has 3 aliphatic carbocycles. The highest BCUT2D eigenvalue weighted by atomic mass is 32.2. The van der Waals surface area contributed by atoms with Gasteiger partial charge in [-0.15, -0.1) is 11.8 Å². The number of ketones is 1. The van der Waals surface area contributed by atoms with Crippen LogP contribution in [0.1, 0.15) is 6.92 Å². The summed E-state index contributed by atoms with van der Waals surface area (Å²) in [7, 11) is 0. The van der Waals surface area contributed by atoms with Gasteiger partial charge in [-0.25, -0.2) is 0 Å². The number of hydrogen-bond acceptors (Lipinski definition) is 3. The van der Waals surface area contributed by atoms with Gasteiger partial charge < -0.3 is 5.11 Å². The van der Waals surface area contributed by atoms with Crippen LogP contribution in [0.3, 0.4) is 0 Å². The highest BCUT2D eigenvalue weighted by Gasteiger charge is 2.71. The number of Topliss-reactive ketones (excluding diaryl/α,β-unsaturated/α-hetero) is 1. The highest BCUT2D eigenvalue weighted by Crippen LogP contribution is 2.63. The molecule has 0 aromatic rings. The Kier molecular flexibility index (Phi) is 1.57. The molecule has 2 bridgehead atoms. The topological polar surface area (TPSA) is 37.3 Å². The molecule has 1 N–H and O–H groups in total. The minimum absolute atomic E-state index is 0.0126. The monoisotopic (exact) mass is 210 g/mol. The Morgan fingerprint density at radius 1 is 1.50 bits per heavy atom. The van der Waals surface area contributed by atoms with E-state index in [-0.39, 0.29) is 17.6 Å². The van der Waals surface area contributed by atoms with E-state index in [0.717, 1.165) is 0 Å². The number of fused-ring (bicyclic) bond motifs is 1. The Labute approximate surface area is 87.8 Å². The third kappa shape index (κ3) is 0.644. The number of carbonyl (C=O) groups excluding carboxylic acids is 1. The number of aliphatic hydroxyl groups is 1. The maximum Gasteiger partial charge on any atom is 0.159 e. The average Bonchev–Trinajstić information content (AvgIpc) is 2.71. The Bertz CT molecular complexity index is 338. The van der Waals surface area contributed by atoms with E-state index in [1.807, 2.05) is 12.3 Å². The van der Waals surface area contributed by atoms with E-state index in [0.29, 0.717) is 11.8 Å². The molecule has 0 amide bonds. The summed E-state index contributed by atoms with van der Waals surface area (Å²) >= 11 is 1.55. The highest BCUT2D eigenvalue weighted by molar-refractivity contribution is 8.00. The molecule has 0 saturated heterocycles. The maximum absolute atomic E-state index is 12.2. The summed E-state index contributed by atoms with van der Waals surface area (Å²) in [6.45, 7) is 2.11. The summed E-state index contributed by atoms with van der Waals surface area (Å²) in [6.07, 6.45) is 5.68. The molecule has 0 heterocycles. The van der Waals surface area contributed by atoms with Crippen molar-refractivity contribution < 1.29 is 9.90 Å². The minimum Gasteiger partial charge on any atom is -0.391 e. The molecule has 0 spiro atoms. The summed E-state index contributed by atoms with van der Waals surface area (Å²) in [5.41, 5.74) is 0. The largest absolute Gasteiger partial charge is 0.391 e. The van der Waals surface area contributed by atoms with Gasteiger partial charge in [-0.1, -0.05) is 19.1 Å². The van der Waals surface area contributed by atoms with Crippen molar-refractivity contribution >= 4 is 17.5 Å². The van der Waals surface area contributed by atoms with E-state index in [9.17, 15) is 9.90 Å². The van der Waals surface area contributed by atoms with Crippen LogP contribution in [0.2, 0.25) is 0 Å². The van der Waals surface area contributed by atoms with E-state index in [4.69, 9.17) is 0 Å². The molecule has 2 fully saturated rings. The number of hydrogen-bond donors (Lipinski definition) is 1. The standard InChI is InChI=1S/C11H14O2S/c1-5-6-3-4-7-8(6)10(13)11(5,14-2)9(7)12/h3-8,10,13H,1-2H3/t5-,6+,7+,8+,10?,11-/m0/s1. The Hall–Kier alpha value is -0.280. The zero-order valence-electron chi connectivity index (χ0n) is 8.31. The van der Waals surface area contributed by atoms with E-state index >= 15 is 0 Å². The molecule has 1 unspecified atom stereocenters. The number of aliphatic hydroxyl groups excluding tert-OH is 1. The summed E-state index contributed by atoms with van der Waals surface area (Å²) in [5.74, 6) is 1.18. The van der Waals surface area contributed by atoms with E-state index in [2.05, 4.69) is 13.0 Å². The predicted octanol–water partition coefficient (Wildman–Crippen LogP) is 1.10. The molecule has 0 radical (unpaired) electrons. The Balaban J connectivity index is 2.18. The Morgan fingerprint density at radius 2 is 2.21 bits per heavy atom. The van der Waals surface area contributed by atoms with Crippen molar-refractivity contribution in [3.63, 3.8) is 0 Å². The molecule has 3 heteroatoms. The molecule has 0 aromatic heterocycles. The molecular formula is C11H14O2S. The summed E-state index contributed by atoms with van der Waals surface area (Å²) in [6, 6.07) is 0. The second-order valence-electron chi connectivity index (χ2n) is 4.66. The maximum atomic E-state index is 12.2. The van der Waals surface area contributed by atoms with Gasteiger partial charge in [0, 0.05) is 11.8 Å². The first-order valence-electron chi connectivity index (χ1n) is 5.10. The first-order valence-corrected chi connectivity index (χ1v) is 6.33. The zero-order valence-corrected chi connectivity index (χ0v) is 9.12. The number of carbonyl (C=O) groups is 1. The average molecular weight is 210 g/mol. The van der Waals surface area contributed by atoms with Crippen molar-refractivity contribution in [3.05, 3.63) is 12.2 Å². The van der Waals surface area contributed by atoms with Crippen molar-refractivity contribution in [2.24, 2.45) is 23.7 Å². The number of allylic oxidation sites excluding steroid dienone is 2. The van der Waals surface area contributed by atoms with Crippen molar-refractivity contribution in [1.29, 1.82) is 0 Å². The van der Waals surface area contributed by atoms with Gasteiger partial charge >= 0.3 is 0 Å². The Morgan fingerprint density at radius 3 is 2.79 bits per heavy atom. The zero-order chi connectivity index (χ0) is 10.1. The molecule has 0 aromatic carbocycles. The second kappa shape index (κ2) is 2.45. The fourth-order valence-electron chi connectivity index (χ4n) is 3.79. The summed E-state index contributed by atoms with van der Waals surface area (Å²) in [4.78, 5) is 12.2. The van der Waals surface area contributed by atoms with Gasteiger partial charge in [-0.3, -0.25) is 4.79 Å². The molecule has 0 aliphatic heterocycles. The lowest BCUT2D eigenvalue weighted by Gasteiger charge is -2.33. The fourth-order valence-corrected chi connectivity index (χ4v) is 5.06. The predicted molar refractivity (Wildman–Crippen MR) is 56.0 cm³/mol. The SMILES string of the molecule is CS[C@@]12C(=O)[C@@H]3C=C[C@@H]([C@H]3C1O)[C@@H]2C. The molecule has 76 valence electrons. The lowest BCUT2D eigenvalue weighted by atomic mass is 9.79. The third-order valence-electron chi connectivity index (χ3n) is 4.48. The first-order chi connectivity index (χ1) is 6.64. The van der Waals surface area contributed by atoms with Gasteiger partial charge in [0.15, 0.2) is 5.78 Å². The van der Waals surface area contributed by atoms with E-state index in [1.165, 1.54) is 0 Å². The normalized spacial score (nSPS) is 58.8. The van der Waals surface area contributed by atoms with Crippen LogP contribution in [0.25, 0.3) is 0 Å². The molecule has 6 atom stereocenters. The lowest BCUT2D eigenvalue weighted by Crippen LogP contribution is -2.45. The summed E-state index contributed by atoms with van der Waals surface area (Å²) < 4.78 is -0.497. The molecule has 3 rings (SSSR count). The van der Waals surface area contributed by atoms with Crippen LogP contribution in [0.5, 0.6) is 0 Å². The van der Waals surface area contributed by atoms with Gasteiger partial charge in [-0.2, -0.15) is 0 Å². The quantitative estimate of drug-likeness (QED) is 0.659. The van der Waals surface area contributed by atoms with Gasteiger partial charge in [-0.05, 0) is 18.1 Å². The lowest BCUT2D eigenvalue weighted by molar-refractivity contribution is -0.124. The molecule has 3 aliphatic rings. The van der Waals surface area contributed by atoms with Crippen molar-refractivity contribution in [3.8, 4) is 0 Å². The number of rotatable bonds is 1. The molecule has 2 saturated carbocycles. The minimum atomic E-state index is -0.497. The van der Waals surface area contributed by atoms with Crippen LogP contribution in [0, 0.1) is 23.7 Å². The summed E-state index contributed by atoms with van der Waals surface area (Å²) in [5, 5.41) is 10.2. The van der Waals surface area contributed by atoms with Crippen LogP contribution in [-0.4, -0.2) is 28.0 Å². The van der Waals surface area contributed by atoms with Crippen LogP contribution >= 0.6 is 11.8 Å². The van der Waals surface area contributed by atoms with E-state index in [1.54, 1.807) is 11.8 Å². The van der Waals surface area contributed by atoms with Gasteiger partial charge in [0.25, 0.3) is 0 Å². The molecule has 14 heavy (non-hydrogen) atoms. The van der Waals surface area contributed by atoms with Gasteiger partial charge in [0.2, 0.25) is 0 Å². The van der Waals surface area contributed by atoms with Crippen molar-refractivity contribution in [2.45, 2.75) is 17.8 Å². The smallest absolute Gasteiger partial charge is 0.159 e. The third-order valence-corrected chi connectivity index (χ3v) is 5.97. The fraction of sp³-hybridized carbons (Fsp3) is 0.727. The van der Waals surface area contributed by atoms with Crippen LogP contribution in [-0.2, 0) is 4.79 Å². The van der Waals surface area contributed by atoms with Crippen LogP contribution < -0.4 is 0 Å². The van der Waals surface area contributed by atoms with Crippen molar-refractivity contribution in [2.75, 3.05) is 6.26 Å².